The van der Waals surface area contributed by atoms with Gasteiger partial charge in [-0.15, -0.1) is 0 Å². The van der Waals surface area contributed by atoms with Crippen LogP contribution in [0.5, 0.6) is 5.75 Å². The largest absolute Gasteiger partial charge is 0.479 e. The molecule has 7 heteroatoms. The van der Waals surface area contributed by atoms with Crippen molar-refractivity contribution in [3.8, 4) is 5.75 Å². The molecule has 0 N–H and O–H groups in total. The molecule has 0 amide bonds. The van der Waals surface area contributed by atoms with Crippen LogP contribution in [0.2, 0.25) is 0 Å². The zero-order chi connectivity index (χ0) is 15.6. The minimum atomic E-state index is -1.75. The fourth-order valence-electron chi connectivity index (χ4n) is 1.56. The molecular formula is C14H7F5O2. The first-order valence-electron chi connectivity index (χ1n) is 5.64. The fourth-order valence-corrected chi connectivity index (χ4v) is 1.56. The van der Waals surface area contributed by atoms with Gasteiger partial charge < -0.3 is 4.74 Å². The topological polar surface area (TPSA) is 26.3 Å². The van der Waals surface area contributed by atoms with E-state index in [0.29, 0.717) is 0 Å². The van der Waals surface area contributed by atoms with Crippen LogP contribution in [0, 0.1) is 29.1 Å². The summed E-state index contributed by atoms with van der Waals surface area (Å²) in [6.45, 7) is -0.903. The molecule has 0 aliphatic carbocycles. The third kappa shape index (κ3) is 3.18. The predicted molar refractivity (Wildman–Crippen MR) is 62.5 cm³/mol. The number of carbonyl (C=O) groups is 1. The summed E-state index contributed by atoms with van der Waals surface area (Å²) in [7, 11) is 0. The van der Waals surface area contributed by atoms with Crippen molar-refractivity contribution in [1.29, 1.82) is 0 Å². The van der Waals surface area contributed by atoms with E-state index in [1.165, 1.54) is 12.1 Å². The highest BCUT2D eigenvalue weighted by atomic mass is 19.2. The van der Waals surface area contributed by atoms with E-state index in [2.05, 4.69) is 4.74 Å². The van der Waals surface area contributed by atoms with Crippen molar-refractivity contribution in [2.75, 3.05) is 6.61 Å². The number of ketones is 1. The minimum absolute atomic E-state index is 0.0198. The van der Waals surface area contributed by atoms with Crippen molar-refractivity contribution in [1.82, 2.24) is 0 Å². The number of benzene rings is 2. The highest BCUT2D eigenvalue weighted by Gasteiger charge is 2.21. The normalized spacial score (nSPS) is 10.5. The molecule has 0 bridgehead atoms. The molecule has 110 valence electrons. The van der Waals surface area contributed by atoms with E-state index in [0.717, 1.165) is 12.1 Å². The van der Waals surface area contributed by atoms with Gasteiger partial charge in [0, 0.05) is 11.6 Å². The van der Waals surface area contributed by atoms with Gasteiger partial charge in [0.15, 0.2) is 29.8 Å². The quantitative estimate of drug-likeness (QED) is 0.489. The summed E-state index contributed by atoms with van der Waals surface area (Å²) in [5, 5.41) is 0. The van der Waals surface area contributed by atoms with E-state index < -0.39 is 47.2 Å². The fraction of sp³-hybridized carbons (Fsp3) is 0.0714. The molecule has 0 atom stereocenters. The molecule has 0 heterocycles. The van der Waals surface area contributed by atoms with Crippen molar-refractivity contribution >= 4 is 5.78 Å². The third-order valence-corrected chi connectivity index (χ3v) is 2.57. The van der Waals surface area contributed by atoms with Crippen molar-refractivity contribution < 1.29 is 31.5 Å². The van der Waals surface area contributed by atoms with Crippen LogP contribution in [0.4, 0.5) is 22.0 Å². The maximum atomic E-state index is 13.3. The van der Waals surface area contributed by atoms with Crippen LogP contribution in [0.25, 0.3) is 0 Å². The van der Waals surface area contributed by atoms with Gasteiger partial charge >= 0.3 is 0 Å². The molecular weight excluding hydrogens is 295 g/mol. The van der Waals surface area contributed by atoms with Gasteiger partial charge in [-0.2, -0.15) is 8.78 Å². The second-order valence-electron chi connectivity index (χ2n) is 4.02. The Labute approximate surface area is 115 Å². The molecule has 2 aromatic carbocycles. The Kier molecular flexibility index (Phi) is 4.21. The molecule has 2 nitrogen and oxygen atoms in total. The van der Waals surface area contributed by atoms with E-state index in [1.807, 2.05) is 0 Å². The van der Waals surface area contributed by atoms with Gasteiger partial charge in [0.25, 0.3) is 0 Å². The van der Waals surface area contributed by atoms with Gasteiger partial charge in [-0.1, -0.05) is 12.1 Å². The Bertz CT molecular complexity index is 674. The first kappa shape index (κ1) is 15.0. The summed E-state index contributed by atoms with van der Waals surface area (Å²) < 4.78 is 69.8. The number of hydrogen-bond acceptors (Lipinski definition) is 2. The van der Waals surface area contributed by atoms with E-state index >= 15 is 0 Å². The summed E-state index contributed by atoms with van der Waals surface area (Å²) >= 11 is 0. The molecule has 0 aliphatic heterocycles. The van der Waals surface area contributed by atoms with E-state index in [4.69, 9.17) is 0 Å². The number of hydrogen-bond donors (Lipinski definition) is 0. The number of ether oxygens (including phenoxy) is 1. The number of rotatable bonds is 4. The van der Waals surface area contributed by atoms with E-state index in [9.17, 15) is 26.7 Å². The lowest BCUT2D eigenvalue weighted by Gasteiger charge is -2.09. The first-order chi connectivity index (χ1) is 9.90. The zero-order valence-electron chi connectivity index (χ0n) is 10.3. The van der Waals surface area contributed by atoms with Gasteiger partial charge in [-0.25, -0.2) is 13.2 Å². The van der Waals surface area contributed by atoms with Crippen molar-refractivity contribution in [2.45, 2.75) is 0 Å². The maximum absolute atomic E-state index is 13.3. The maximum Gasteiger partial charge on any atom is 0.203 e. The summed E-state index contributed by atoms with van der Waals surface area (Å²) in [5.74, 6) is -9.63. The van der Waals surface area contributed by atoms with Crippen molar-refractivity contribution in [3.05, 3.63) is 65.0 Å². The Morgan fingerprint density at radius 1 is 0.952 bits per heavy atom. The van der Waals surface area contributed by atoms with Gasteiger partial charge in [0.2, 0.25) is 11.6 Å². The average Bonchev–Trinajstić information content (AvgIpc) is 2.45. The lowest BCUT2D eigenvalue weighted by Crippen LogP contribution is -2.14. The summed E-state index contributed by atoms with van der Waals surface area (Å²) in [6, 6.07) is 4.52. The predicted octanol–water partition coefficient (Wildman–Crippen LogP) is 3.64. The molecule has 2 aromatic rings. The van der Waals surface area contributed by atoms with E-state index in [-0.39, 0.29) is 11.6 Å². The summed E-state index contributed by atoms with van der Waals surface area (Å²) in [5.41, 5.74) is -0.104. The minimum Gasteiger partial charge on any atom is -0.479 e. The Hall–Kier alpha value is -2.44. The smallest absolute Gasteiger partial charge is 0.203 e. The molecule has 21 heavy (non-hydrogen) atoms. The average molecular weight is 302 g/mol. The van der Waals surface area contributed by atoms with Crippen LogP contribution < -0.4 is 4.74 Å². The van der Waals surface area contributed by atoms with Crippen molar-refractivity contribution in [2.24, 2.45) is 0 Å². The SMILES string of the molecule is O=C(COc1c(F)c(F)cc(F)c1F)c1cccc(F)c1. The van der Waals surface area contributed by atoms with Crippen LogP contribution in [-0.2, 0) is 0 Å². The van der Waals surface area contributed by atoms with Gasteiger partial charge in [-0.3, -0.25) is 4.79 Å². The number of Topliss-reactive ketones (excluding diaryl/α,β-unsaturated/α-hetero) is 1. The Morgan fingerprint density at radius 2 is 1.57 bits per heavy atom. The lowest BCUT2D eigenvalue weighted by atomic mass is 10.1. The number of carbonyl (C=O) groups excluding carboxylic acids is 1. The molecule has 0 unspecified atom stereocenters. The van der Waals surface area contributed by atoms with Gasteiger partial charge in [0.1, 0.15) is 5.82 Å². The summed E-state index contributed by atoms with van der Waals surface area (Å²) in [4.78, 5) is 11.6. The van der Waals surface area contributed by atoms with Gasteiger partial charge in [-0.05, 0) is 12.1 Å². The van der Waals surface area contributed by atoms with Crippen LogP contribution in [0.3, 0.4) is 0 Å². The van der Waals surface area contributed by atoms with Crippen LogP contribution in [0.1, 0.15) is 10.4 Å². The molecule has 0 fully saturated rings. The standard InChI is InChI=1S/C14H7F5O2/c15-8-3-1-2-7(4-8)11(20)6-21-14-12(18)9(16)5-10(17)13(14)19/h1-5H,6H2. The zero-order valence-corrected chi connectivity index (χ0v) is 10.3. The molecule has 0 radical (unpaired) electrons. The molecule has 2 rings (SSSR count). The molecule has 0 spiro atoms. The third-order valence-electron chi connectivity index (χ3n) is 2.57. The van der Waals surface area contributed by atoms with Crippen LogP contribution in [-0.4, -0.2) is 12.4 Å². The summed E-state index contributed by atoms with van der Waals surface area (Å²) in [6.07, 6.45) is 0. The van der Waals surface area contributed by atoms with E-state index in [1.54, 1.807) is 0 Å². The Morgan fingerprint density at radius 3 is 2.14 bits per heavy atom. The molecule has 0 aliphatic rings. The van der Waals surface area contributed by atoms with Crippen LogP contribution in [0.15, 0.2) is 30.3 Å². The second-order valence-corrected chi connectivity index (χ2v) is 4.02. The highest BCUT2D eigenvalue weighted by molar-refractivity contribution is 5.97. The molecule has 0 aromatic heterocycles. The highest BCUT2D eigenvalue weighted by Crippen LogP contribution is 2.26. The van der Waals surface area contributed by atoms with Crippen molar-refractivity contribution in [3.63, 3.8) is 0 Å². The monoisotopic (exact) mass is 302 g/mol. The molecule has 0 saturated carbocycles. The molecule has 0 saturated heterocycles. The second kappa shape index (κ2) is 5.90. The van der Waals surface area contributed by atoms with Gasteiger partial charge in [0.05, 0.1) is 0 Å². The Balaban J connectivity index is 2.19. The first-order valence-corrected chi connectivity index (χ1v) is 5.64. The lowest BCUT2D eigenvalue weighted by molar-refractivity contribution is 0.0913. The number of halogens is 5. The van der Waals surface area contributed by atoms with Crippen LogP contribution >= 0.6 is 0 Å².